The monoisotopic (exact) mass is 320 g/mol. The molecular formula is C20H20N2O2. The van der Waals surface area contributed by atoms with Crippen molar-refractivity contribution in [2.45, 2.75) is 19.8 Å². The Kier molecular flexibility index (Phi) is 4.75. The van der Waals surface area contributed by atoms with E-state index in [1.807, 2.05) is 30.3 Å². The molecule has 0 spiro atoms. The van der Waals surface area contributed by atoms with Crippen LogP contribution in [-0.2, 0) is 0 Å². The van der Waals surface area contributed by atoms with E-state index >= 15 is 0 Å². The lowest BCUT2D eigenvalue weighted by atomic mass is 9.91. The first-order chi connectivity index (χ1) is 11.7. The Morgan fingerprint density at radius 2 is 1.88 bits per heavy atom. The smallest absolute Gasteiger partial charge is 0.211 e. The van der Waals surface area contributed by atoms with Crippen molar-refractivity contribution in [3.63, 3.8) is 0 Å². The van der Waals surface area contributed by atoms with Crippen molar-refractivity contribution in [2.24, 2.45) is 4.99 Å². The van der Waals surface area contributed by atoms with Gasteiger partial charge in [-0.25, -0.2) is 0 Å². The molecule has 0 bridgehead atoms. The van der Waals surface area contributed by atoms with Gasteiger partial charge >= 0.3 is 0 Å². The molecule has 0 saturated carbocycles. The van der Waals surface area contributed by atoms with E-state index in [9.17, 15) is 9.90 Å². The summed E-state index contributed by atoms with van der Waals surface area (Å²) < 4.78 is 0. The molecule has 122 valence electrons. The number of aromatic hydroxyl groups is 1. The zero-order valence-corrected chi connectivity index (χ0v) is 13.6. The number of ketones is 1. The van der Waals surface area contributed by atoms with Gasteiger partial charge in [0.15, 0.2) is 0 Å². The van der Waals surface area contributed by atoms with Crippen LogP contribution in [0.2, 0.25) is 0 Å². The maximum absolute atomic E-state index is 12.6. The van der Waals surface area contributed by atoms with Crippen LogP contribution in [0.5, 0.6) is 5.75 Å². The number of para-hydroxylation sites is 1. The molecule has 4 heteroatoms. The minimum absolute atomic E-state index is 0.0862. The van der Waals surface area contributed by atoms with E-state index < -0.39 is 0 Å². The van der Waals surface area contributed by atoms with Crippen LogP contribution in [0.1, 0.15) is 35.7 Å². The summed E-state index contributed by atoms with van der Waals surface area (Å²) in [4.78, 5) is 17.1. The summed E-state index contributed by atoms with van der Waals surface area (Å²) in [6.45, 7) is 2.72. The van der Waals surface area contributed by atoms with Crippen LogP contribution in [0.4, 0.5) is 5.69 Å². The average molecular weight is 320 g/mol. The Balaban J connectivity index is 2.04. The molecule has 24 heavy (non-hydrogen) atoms. The Bertz CT molecular complexity index is 808. The van der Waals surface area contributed by atoms with Crippen molar-refractivity contribution >= 4 is 22.9 Å². The van der Waals surface area contributed by atoms with Crippen molar-refractivity contribution in [2.75, 3.05) is 11.9 Å². The first-order valence-electron chi connectivity index (χ1n) is 8.16. The highest BCUT2D eigenvalue weighted by Crippen LogP contribution is 2.33. The molecule has 0 radical (unpaired) electrons. The van der Waals surface area contributed by atoms with E-state index in [-0.39, 0.29) is 11.5 Å². The van der Waals surface area contributed by atoms with Crippen LogP contribution < -0.4 is 5.32 Å². The van der Waals surface area contributed by atoms with Crippen molar-refractivity contribution in [1.82, 2.24) is 0 Å². The number of hydrogen-bond donors (Lipinski definition) is 2. The predicted molar refractivity (Wildman–Crippen MR) is 97.7 cm³/mol. The average Bonchev–Trinajstić information content (AvgIpc) is 2.60. The second-order valence-electron chi connectivity index (χ2n) is 5.70. The van der Waals surface area contributed by atoms with E-state index in [1.165, 1.54) is 0 Å². The number of aliphatic imine (C=N–C) groups is 1. The Hall–Kier alpha value is -2.88. The Morgan fingerprint density at radius 1 is 1.08 bits per heavy atom. The maximum atomic E-state index is 12.6. The highest BCUT2D eigenvalue weighted by molar-refractivity contribution is 6.53. The van der Waals surface area contributed by atoms with Gasteiger partial charge in [0.2, 0.25) is 5.78 Å². The molecule has 2 aromatic rings. The molecule has 0 amide bonds. The summed E-state index contributed by atoms with van der Waals surface area (Å²) in [5.41, 5.74) is 3.01. The van der Waals surface area contributed by atoms with Crippen LogP contribution >= 0.6 is 0 Å². The second-order valence-corrected chi connectivity index (χ2v) is 5.70. The molecule has 0 heterocycles. The summed E-state index contributed by atoms with van der Waals surface area (Å²) in [5, 5.41) is 13.5. The molecule has 2 N–H and O–H groups in total. The summed E-state index contributed by atoms with van der Waals surface area (Å²) >= 11 is 0. The number of nitrogens with zero attached hydrogens (tertiary/aromatic N) is 1. The molecule has 2 aromatic carbocycles. The van der Waals surface area contributed by atoms with Crippen LogP contribution in [0.15, 0.2) is 59.6 Å². The van der Waals surface area contributed by atoms with E-state index in [0.717, 1.165) is 18.5 Å². The molecule has 0 saturated heterocycles. The highest BCUT2D eigenvalue weighted by Gasteiger charge is 2.26. The molecule has 0 unspecified atom stereocenters. The predicted octanol–water partition coefficient (Wildman–Crippen LogP) is 4.28. The maximum Gasteiger partial charge on any atom is 0.211 e. The number of Topliss-reactive ketones (excluding diaryl/α,β-unsaturated/α-hetero) is 1. The Morgan fingerprint density at radius 3 is 2.62 bits per heavy atom. The van der Waals surface area contributed by atoms with Gasteiger partial charge in [-0.1, -0.05) is 43.7 Å². The minimum atomic E-state index is -0.143. The SMILES string of the molecule is CCCCN=C1C=C(Nc2ccccc2)c2c(O)cccc2C1=O. The second kappa shape index (κ2) is 7.13. The summed E-state index contributed by atoms with van der Waals surface area (Å²) in [6.07, 6.45) is 3.70. The van der Waals surface area contributed by atoms with E-state index in [4.69, 9.17) is 0 Å². The number of allylic oxidation sites excluding steroid dienone is 1. The van der Waals surface area contributed by atoms with E-state index in [1.54, 1.807) is 24.3 Å². The topological polar surface area (TPSA) is 61.7 Å². The summed E-state index contributed by atoms with van der Waals surface area (Å²) in [5.74, 6) is -0.0567. The van der Waals surface area contributed by atoms with Crippen LogP contribution in [0.25, 0.3) is 5.70 Å². The normalized spacial score (nSPS) is 15.1. The molecule has 1 aliphatic carbocycles. The molecule has 3 rings (SSSR count). The fraction of sp³-hybridized carbons (Fsp3) is 0.200. The molecule has 0 aromatic heterocycles. The standard InChI is InChI=1S/C20H20N2O2/c1-2-3-12-21-17-13-16(22-14-8-5-4-6-9-14)19-15(20(17)24)10-7-11-18(19)23/h4-11,13,22-23H,2-3,12H2,1H3. The molecule has 0 aliphatic heterocycles. The number of fused-ring (bicyclic) bond motifs is 1. The summed E-state index contributed by atoms with van der Waals surface area (Å²) in [6, 6.07) is 14.7. The number of phenols is 1. The molecule has 1 aliphatic rings. The number of nitrogens with one attached hydrogen (secondary N) is 1. The number of rotatable bonds is 5. The first-order valence-corrected chi connectivity index (χ1v) is 8.16. The number of unbranched alkanes of at least 4 members (excludes halogenated alkanes) is 1. The fourth-order valence-electron chi connectivity index (χ4n) is 2.68. The third kappa shape index (κ3) is 3.23. The third-order valence-corrected chi connectivity index (χ3v) is 3.92. The quantitative estimate of drug-likeness (QED) is 0.808. The molecular weight excluding hydrogens is 300 g/mol. The lowest BCUT2D eigenvalue weighted by Gasteiger charge is -2.20. The van der Waals surface area contributed by atoms with Gasteiger partial charge in [-0.05, 0) is 30.7 Å². The van der Waals surface area contributed by atoms with Gasteiger partial charge in [-0.15, -0.1) is 0 Å². The zero-order chi connectivity index (χ0) is 16.9. The van der Waals surface area contributed by atoms with E-state index in [2.05, 4.69) is 17.2 Å². The van der Waals surface area contributed by atoms with Crippen molar-refractivity contribution < 1.29 is 9.90 Å². The number of phenolic OH excluding ortho intramolecular Hbond substituents is 1. The lowest BCUT2D eigenvalue weighted by molar-refractivity contribution is 0.106. The first kappa shape index (κ1) is 16.0. The van der Waals surface area contributed by atoms with Crippen molar-refractivity contribution in [3.8, 4) is 5.75 Å². The van der Waals surface area contributed by atoms with Gasteiger partial charge < -0.3 is 10.4 Å². The third-order valence-electron chi connectivity index (χ3n) is 3.92. The van der Waals surface area contributed by atoms with Crippen molar-refractivity contribution in [1.29, 1.82) is 0 Å². The molecule has 0 fully saturated rings. The van der Waals surface area contributed by atoms with Gasteiger partial charge in [0.1, 0.15) is 11.5 Å². The van der Waals surface area contributed by atoms with Crippen LogP contribution in [0.3, 0.4) is 0 Å². The zero-order valence-electron chi connectivity index (χ0n) is 13.6. The largest absolute Gasteiger partial charge is 0.507 e. The number of carbonyl (C=O) groups is 1. The van der Waals surface area contributed by atoms with Gasteiger partial charge in [0, 0.05) is 17.8 Å². The number of benzene rings is 2. The number of anilines is 1. The number of carbonyl (C=O) groups excluding carboxylic acids is 1. The minimum Gasteiger partial charge on any atom is -0.507 e. The molecule has 0 atom stereocenters. The van der Waals surface area contributed by atoms with Crippen molar-refractivity contribution in [3.05, 3.63) is 65.7 Å². The fourth-order valence-corrected chi connectivity index (χ4v) is 2.68. The van der Waals surface area contributed by atoms with Crippen LogP contribution in [-0.4, -0.2) is 23.1 Å². The Labute approximate surface area is 141 Å². The molecule has 4 nitrogen and oxygen atoms in total. The lowest BCUT2D eigenvalue weighted by Crippen LogP contribution is -2.22. The van der Waals surface area contributed by atoms with Gasteiger partial charge in [0.25, 0.3) is 0 Å². The van der Waals surface area contributed by atoms with Gasteiger partial charge in [-0.2, -0.15) is 0 Å². The van der Waals surface area contributed by atoms with Gasteiger partial charge in [0.05, 0.1) is 11.3 Å². The van der Waals surface area contributed by atoms with Crippen LogP contribution in [0, 0.1) is 0 Å². The number of hydrogen-bond acceptors (Lipinski definition) is 4. The highest BCUT2D eigenvalue weighted by atomic mass is 16.3. The van der Waals surface area contributed by atoms with E-state index in [0.29, 0.717) is 29.1 Å². The van der Waals surface area contributed by atoms with Gasteiger partial charge in [-0.3, -0.25) is 9.79 Å². The summed E-state index contributed by atoms with van der Waals surface area (Å²) in [7, 11) is 0.